The Morgan fingerprint density at radius 2 is 1.85 bits per heavy atom. The number of pyridine rings is 2. The second-order valence-corrected chi connectivity index (χ2v) is 11.0. The van der Waals surface area contributed by atoms with Gasteiger partial charge in [0.1, 0.15) is 16.7 Å². The van der Waals surface area contributed by atoms with Crippen LogP contribution in [0, 0.1) is 11.7 Å². The smallest absolute Gasteiger partial charge is 0.157 e. The van der Waals surface area contributed by atoms with Crippen molar-refractivity contribution >= 4 is 27.8 Å². The lowest BCUT2D eigenvalue weighted by Gasteiger charge is -2.27. The van der Waals surface area contributed by atoms with Crippen LogP contribution >= 0.6 is 0 Å². The summed E-state index contributed by atoms with van der Waals surface area (Å²) in [5, 5.41) is 11.6. The van der Waals surface area contributed by atoms with Crippen LogP contribution in [0.3, 0.4) is 0 Å². The van der Waals surface area contributed by atoms with Gasteiger partial charge in [-0.15, -0.1) is 0 Å². The van der Waals surface area contributed by atoms with Crippen LogP contribution in [0.25, 0.3) is 44.6 Å². The minimum Gasteiger partial charge on any atom is -0.355 e. The molecule has 9 heteroatoms. The van der Waals surface area contributed by atoms with Crippen LogP contribution in [0.1, 0.15) is 50.5 Å². The number of nitrogens with zero attached hydrogens (tertiary/aromatic N) is 5. The number of halogens is 1. The van der Waals surface area contributed by atoms with Crippen LogP contribution in [0.4, 0.5) is 10.2 Å². The highest BCUT2D eigenvalue weighted by Gasteiger charge is 2.21. The monoisotopic (exact) mass is 524 g/mol. The SMILES string of the molecule is Fc1cc(-c2cncc(CNCC3CCCC3)c2)cc2c(-c3nc4c(N5CCCCC5)nccc4[nH]3)[nH]nc12. The quantitative estimate of drug-likeness (QED) is 0.243. The van der Waals surface area contributed by atoms with Crippen LogP contribution in [0.2, 0.25) is 0 Å². The molecule has 39 heavy (non-hydrogen) atoms. The molecule has 1 saturated carbocycles. The number of rotatable bonds is 7. The molecule has 0 atom stereocenters. The number of hydrogen-bond donors (Lipinski definition) is 3. The largest absolute Gasteiger partial charge is 0.355 e. The molecule has 8 nitrogen and oxygen atoms in total. The van der Waals surface area contributed by atoms with Gasteiger partial charge in [-0.2, -0.15) is 5.10 Å². The van der Waals surface area contributed by atoms with Gasteiger partial charge < -0.3 is 15.2 Å². The third kappa shape index (κ3) is 4.76. The fourth-order valence-electron chi connectivity index (χ4n) is 6.18. The Bertz CT molecular complexity index is 1610. The summed E-state index contributed by atoms with van der Waals surface area (Å²) in [5.74, 6) is 1.93. The summed E-state index contributed by atoms with van der Waals surface area (Å²) in [4.78, 5) is 19.7. The lowest BCUT2D eigenvalue weighted by atomic mass is 10.0. The van der Waals surface area contributed by atoms with Crippen LogP contribution in [0.5, 0.6) is 0 Å². The zero-order valence-electron chi connectivity index (χ0n) is 22.0. The van der Waals surface area contributed by atoms with E-state index in [0.717, 1.165) is 78.5 Å². The number of H-pyrrole nitrogens is 2. The fourth-order valence-corrected chi connectivity index (χ4v) is 6.18. The van der Waals surface area contributed by atoms with Crippen molar-refractivity contribution in [2.24, 2.45) is 5.92 Å². The highest BCUT2D eigenvalue weighted by atomic mass is 19.1. The summed E-state index contributed by atoms with van der Waals surface area (Å²) in [6.07, 6.45) is 14.4. The number of hydrogen-bond acceptors (Lipinski definition) is 6. The van der Waals surface area contributed by atoms with Gasteiger partial charge in [-0.05, 0) is 80.0 Å². The second-order valence-electron chi connectivity index (χ2n) is 11.0. The van der Waals surface area contributed by atoms with E-state index in [-0.39, 0.29) is 5.82 Å². The topological polar surface area (TPSA) is 98.4 Å². The Hall–Kier alpha value is -3.85. The highest BCUT2D eigenvalue weighted by molar-refractivity contribution is 5.97. The maximum absolute atomic E-state index is 15.3. The average Bonchev–Trinajstić information content (AvgIpc) is 3.73. The van der Waals surface area contributed by atoms with Gasteiger partial charge in [-0.1, -0.05) is 12.8 Å². The summed E-state index contributed by atoms with van der Waals surface area (Å²) < 4.78 is 15.3. The van der Waals surface area contributed by atoms with E-state index >= 15 is 4.39 Å². The Kier molecular flexibility index (Phi) is 6.44. The molecule has 5 heterocycles. The van der Waals surface area contributed by atoms with E-state index in [4.69, 9.17) is 4.98 Å². The number of piperidine rings is 1. The van der Waals surface area contributed by atoms with Gasteiger partial charge in [0.05, 0.1) is 5.52 Å². The van der Waals surface area contributed by atoms with E-state index in [9.17, 15) is 0 Å². The van der Waals surface area contributed by atoms with Crippen molar-refractivity contribution in [3.63, 3.8) is 0 Å². The van der Waals surface area contributed by atoms with Gasteiger partial charge in [-0.25, -0.2) is 14.4 Å². The number of aromatic nitrogens is 6. The van der Waals surface area contributed by atoms with Crippen LogP contribution < -0.4 is 10.2 Å². The summed E-state index contributed by atoms with van der Waals surface area (Å²) in [6.45, 7) is 3.76. The lowest BCUT2D eigenvalue weighted by Crippen LogP contribution is -2.30. The Labute approximate surface area is 226 Å². The van der Waals surface area contributed by atoms with Gasteiger partial charge >= 0.3 is 0 Å². The number of fused-ring (bicyclic) bond motifs is 2. The van der Waals surface area contributed by atoms with E-state index < -0.39 is 0 Å². The molecule has 1 aliphatic carbocycles. The van der Waals surface area contributed by atoms with E-state index in [1.165, 1.54) is 38.2 Å². The number of benzene rings is 1. The molecular weight excluding hydrogens is 491 g/mol. The van der Waals surface area contributed by atoms with E-state index in [0.29, 0.717) is 22.4 Å². The normalized spacial score (nSPS) is 16.6. The molecule has 0 unspecified atom stereocenters. The molecule has 3 N–H and O–H groups in total. The molecule has 200 valence electrons. The molecule has 4 aromatic heterocycles. The van der Waals surface area contributed by atoms with Crippen molar-refractivity contribution in [1.29, 1.82) is 0 Å². The zero-order valence-corrected chi connectivity index (χ0v) is 22.0. The molecule has 7 rings (SSSR count). The summed E-state index contributed by atoms with van der Waals surface area (Å²) in [5.41, 5.74) is 5.43. The average molecular weight is 525 g/mol. The number of nitrogens with one attached hydrogen (secondary N) is 3. The maximum Gasteiger partial charge on any atom is 0.157 e. The van der Waals surface area contributed by atoms with Gasteiger partial charge in [-0.3, -0.25) is 10.1 Å². The fraction of sp³-hybridized carbons (Fsp3) is 0.400. The lowest BCUT2D eigenvalue weighted by molar-refractivity contribution is 0.489. The first-order valence-corrected chi connectivity index (χ1v) is 14.2. The number of aromatic amines is 2. The molecule has 2 fully saturated rings. The third-order valence-electron chi connectivity index (χ3n) is 8.25. The number of anilines is 1. The van der Waals surface area contributed by atoms with Crippen LogP contribution in [0.15, 0.2) is 42.9 Å². The van der Waals surface area contributed by atoms with Crippen molar-refractivity contribution in [3.8, 4) is 22.6 Å². The van der Waals surface area contributed by atoms with E-state index in [1.54, 1.807) is 6.20 Å². The summed E-state index contributed by atoms with van der Waals surface area (Å²) in [6, 6.07) is 7.53. The molecule has 5 aromatic rings. The molecule has 0 amide bonds. The second kappa shape index (κ2) is 10.4. The van der Waals surface area contributed by atoms with Crippen molar-refractivity contribution in [2.45, 2.75) is 51.5 Å². The summed E-state index contributed by atoms with van der Waals surface area (Å²) >= 11 is 0. The Balaban J connectivity index is 1.20. The zero-order chi connectivity index (χ0) is 26.2. The van der Waals surface area contributed by atoms with E-state index in [1.807, 2.05) is 24.5 Å². The molecule has 0 spiro atoms. The minimum absolute atomic E-state index is 0.297. The van der Waals surface area contributed by atoms with Crippen molar-refractivity contribution in [3.05, 3.63) is 54.2 Å². The predicted octanol–water partition coefficient (Wildman–Crippen LogP) is 5.97. The molecule has 0 bridgehead atoms. The molecule has 1 aliphatic heterocycles. The minimum atomic E-state index is -0.374. The Morgan fingerprint density at radius 3 is 2.72 bits per heavy atom. The molecule has 2 aliphatic rings. The van der Waals surface area contributed by atoms with Gasteiger partial charge in [0, 0.05) is 49.2 Å². The Morgan fingerprint density at radius 1 is 0.974 bits per heavy atom. The van der Waals surface area contributed by atoms with Crippen molar-refractivity contribution < 1.29 is 4.39 Å². The summed E-state index contributed by atoms with van der Waals surface area (Å²) in [7, 11) is 0. The molecular formula is C30H33FN8. The maximum atomic E-state index is 15.3. The van der Waals surface area contributed by atoms with Crippen LogP contribution in [-0.4, -0.2) is 49.8 Å². The predicted molar refractivity (Wildman–Crippen MR) is 152 cm³/mol. The first-order chi connectivity index (χ1) is 19.2. The van der Waals surface area contributed by atoms with E-state index in [2.05, 4.69) is 41.4 Å². The van der Waals surface area contributed by atoms with Gasteiger partial charge in [0.25, 0.3) is 0 Å². The van der Waals surface area contributed by atoms with Crippen molar-refractivity contribution in [2.75, 3.05) is 24.5 Å². The number of imidazole rings is 1. The standard InChI is InChI=1S/C30H33FN8/c31-24-14-21(22-12-20(17-33-18-22)16-32-15-19-6-2-3-7-19)13-23-26(24)37-38-27(23)29-35-25-8-9-34-30(28(25)36-29)39-10-4-1-5-11-39/h8-9,12-14,17-19,32H,1-7,10-11,15-16H2,(H,35,36)(H,37,38). The van der Waals surface area contributed by atoms with Gasteiger partial charge in [0.2, 0.25) is 0 Å². The first kappa shape index (κ1) is 24.2. The van der Waals surface area contributed by atoms with Crippen LogP contribution in [-0.2, 0) is 6.54 Å². The van der Waals surface area contributed by atoms with Crippen molar-refractivity contribution in [1.82, 2.24) is 35.5 Å². The van der Waals surface area contributed by atoms with Gasteiger partial charge in [0.15, 0.2) is 17.5 Å². The third-order valence-corrected chi connectivity index (χ3v) is 8.25. The first-order valence-electron chi connectivity index (χ1n) is 14.2. The molecule has 1 aromatic carbocycles. The molecule has 0 radical (unpaired) electrons. The highest BCUT2D eigenvalue weighted by Crippen LogP contribution is 2.34. The molecule has 1 saturated heterocycles.